The molecule has 0 radical (unpaired) electrons. The van der Waals surface area contributed by atoms with E-state index in [9.17, 15) is 18.0 Å². The third-order valence-corrected chi connectivity index (χ3v) is 5.59. The number of aryl methyl sites for hydroxylation is 1. The van der Waals surface area contributed by atoms with E-state index in [0.29, 0.717) is 16.3 Å². The van der Waals surface area contributed by atoms with E-state index in [1.54, 1.807) is 19.9 Å². The van der Waals surface area contributed by atoms with Crippen molar-refractivity contribution in [2.24, 2.45) is 0 Å². The Bertz CT molecular complexity index is 1180. The van der Waals surface area contributed by atoms with Crippen LogP contribution in [0, 0.1) is 12.7 Å². The molecule has 180 valence electrons. The number of alkyl halides is 2. The van der Waals surface area contributed by atoms with Gasteiger partial charge in [0, 0.05) is 29.9 Å². The zero-order valence-electron chi connectivity index (χ0n) is 19.4. The van der Waals surface area contributed by atoms with Crippen LogP contribution in [0.15, 0.2) is 54.7 Å². The van der Waals surface area contributed by atoms with Gasteiger partial charge >= 0.3 is 0 Å². The summed E-state index contributed by atoms with van der Waals surface area (Å²) in [6.07, 6.45) is 1.17. The van der Waals surface area contributed by atoms with Gasteiger partial charge in [-0.1, -0.05) is 42.8 Å². The monoisotopic (exact) mass is 490 g/mol. The molecule has 1 aromatic heterocycles. The number of carbonyl (C=O) groups excluding carboxylic acids is 1. The first-order valence-electron chi connectivity index (χ1n) is 10.8. The van der Waals surface area contributed by atoms with Crippen LogP contribution in [-0.2, 0) is 22.7 Å². The van der Waals surface area contributed by atoms with Crippen LogP contribution in [0.2, 0.25) is 5.02 Å². The van der Waals surface area contributed by atoms with Gasteiger partial charge in [-0.2, -0.15) is 0 Å². The number of benzene rings is 2. The highest BCUT2D eigenvalue weighted by Gasteiger charge is 2.29. The second-order valence-corrected chi connectivity index (χ2v) is 8.99. The molecule has 8 heteroatoms. The van der Waals surface area contributed by atoms with Gasteiger partial charge in [0.1, 0.15) is 5.60 Å². The van der Waals surface area contributed by atoms with Crippen molar-refractivity contribution in [3.63, 3.8) is 0 Å². The first-order valence-corrected chi connectivity index (χ1v) is 11.2. The zero-order chi connectivity index (χ0) is 25.1. The largest absolute Gasteiger partial charge is 0.478 e. The molecule has 1 N–H and O–H groups in total. The van der Waals surface area contributed by atoms with E-state index in [-0.39, 0.29) is 29.8 Å². The number of rotatable bonds is 8. The minimum Gasteiger partial charge on any atom is -0.478 e. The van der Waals surface area contributed by atoms with Gasteiger partial charge in [-0.25, -0.2) is 13.2 Å². The van der Waals surface area contributed by atoms with Crippen molar-refractivity contribution < 1.29 is 22.7 Å². The molecule has 0 spiro atoms. The first kappa shape index (κ1) is 25.6. The predicted molar refractivity (Wildman–Crippen MR) is 127 cm³/mol. The predicted octanol–water partition coefficient (Wildman–Crippen LogP) is 7.18. The molecule has 1 heterocycles. The van der Waals surface area contributed by atoms with E-state index in [1.807, 2.05) is 6.92 Å². The second kappa shape index (κ2) is 10.1. The SMILES string of the molecule is CCC(F)(F)c1ccc(CC(=O)Nc2ccc(OC(C)(C)c3ncc(Cl)cc3C)c(F)c2)cc1. The molecule has 4 nitrogen and oxygen atoms in total. The fourth-order valence-electron chi connectivity index (χ4n) is 3.62. The van der Waals surface area contributed by atoms with E-state index < -0.39 is 23.2 Å². The third-order valence-electron chi connectivity index (χ3n) is 5.38. The van der Waals surface area contributed by atoms with Crippen LogP contribution in [0.1, 0.15) is 49.6 Å². The van der Waals surface area contributed by atoms with E-state index >= 15 is 0 Å². The molecule has 1 amide bonds. The van der Waals surface area contributed by atoms with Crippen molar-refractivity contribution in [2.45, 2.75) is 52.1 Å². The molecular weight excluding hydrogens is 465 g/mol. The van der Waals surface area contributed by atoms with Crippen LogP contribution in [0.4, 0.5) is 18.9 Å². The van der Waals surface area contributed by atoms with Gasteiger partial charge in [-0.05, 0) is 50.1 Å². The lowest BCUT2D eigenvalue weighted by Crippen LogP contribution is -2.28. The smallest absolute Gasteiger partial charge is 0.273 e. The van der Waals surface area contributed by atoms with Crippen molar-refractivity contribution in [1.29, 1.82) is 0 Å². The molecule has 0 aliphatic carbocycles. The maximum Gasteiger partial charge on any atom is 0.273 e. The number of halogens is 4. The highest BCUT2D eigenvalue weighted by molar-refractivity contribution is 6.30. The molecule has 2 aromatic carbocycles. The lowest BCUT2D eigenvalue weighted by molar-refractivity contribution is -0.115. The average Bonchev–Trinajstić information content (AvgIpc) is 2.75. The first-order chi connectivity index (χ1) is 15.9. The molecule has 3 rings (SSSR count). The fourth-order valence-corrected chi connectivity index (χ4v) is 3.83. The van der Waals surface area contributed by atoms with Gasteiger partial charge in [0.25, 0.3) is 5.92 Å². The maximum absolute atomic E-state index is 14.7. The van der Waals surface area contributed by atoms with Crippen LogP contribution in [0.5, 0.6) is 5.75 Å². The minimum atomic E-state index is -2.90. The molecule has 0 unspecified atom stereocenters. The van der Waals surface area contributed by atoms with Crippen molar-refractivity contribution in [3.8, 4) is 5.75 Å². The van der Waals surface area contributed by atoms with Crippen molar-refractivity contribution in [2.75, 3.05) is 5.32 Å². The van der Waals surface area contributed by atoms with Crippen molar-refractivity contribution in [1.82, 2.24) is 4.98 Å². The number of aromatic nitrogens is 1. The van der Waals surface area contributed by atoms with E-state index in [2.05, 4.69) is 10.3 Å². The molecule has 0 aliphatic heterocycles. The summed E-state index contributed by atoms with van der Waals surface area (Å²) in [6.45, 7) is 6.80. The number of nitrogens with one attached hydrogen (secondary N) is 1. The van der Waals surface area contributed by atoms with Crippen LogP contribution in [0.3, 0.4) is 0 Å². The van der Waals surface area contributed by atoms with Gasteiger partial charge in [-0.3, -0.25) is 9.78 Å². The Labute approximate surface area is 202 Å². The summed E-state index contributed by atoms with van der Waals surface area (Å²) in [7, 11) is 0. The molecule has 0 saturated carbocycles. The van der Waals surface area contributed by atoms with E-state index in [4.69, 9.17) is 16.3 Å². The summed E-state index contributed by atoms with van der Waals surface area (Å²) in [5, 5.41) is 3.11. The van der Waals surface area contributed by atoms with Crippen LogP contribution < -0.4 is 10.1 Å². The normalized spacial score (nSPS) is 11.9. The number of pyridine rings is 1. The van der Waals surface area contributed by atoms with Gasteiger partial charge < -0.3 is 10.1 Å². The molecule has 0 atom stereocenters. The highest BCUT2D eigenvalue weighted by Crippen LogP contribution is 2.33. The number of carbonyl (C=O) groups is 1. The standard InChI is InChI=1S/C26H26ClF3N2O2/c1-5-26(29,30)18-8-6-17(7-9-18)13-23(33)32-20-10-11-22(21(28)14-20)34-25(3,4)24-16(2)12-19(27)15-31-24/h6-12,14-15H,5,13H2,1-4H3,(H,32,33). The van der Waals surface area contributed by atoms with Crippen LogP contribution in [0.25, 0.3) is 0 Å². The van der Waals surface area contributed by atoms with Gasteiger partial charge in [0.15, 0.2) is 11.6 Å². The summed E-state index contributed by atoms with van der Waals surface area (Å²) >= 11 is 5.97. The van der Waals surface area contributed by atoms with E-state index in [0.717, 1.165) is 11.6 Å². The lowest BCUT2D eigenvalue weighted by Gasteiger charge is -2.27. The Balaban J connectivity index is 1.66. The van der Waals surface area contributed by atoms with Gasteiger partial charge in [0.05, 0.1) is 17.1 Å². The molecule has 0 saturated heterocycles. The summed E-state index contributed by atoms with van der Waals surface area (Å²) in [4.78, 5) is 16.7. The lowest BCUT2D eigenvalue weighted by atomic mass is 9.99. The molecule has 0 aliphatic rings. The number of hydrogen-bond donors (Lipinski definition) is 1. The van der Waals surface area contributed by atoms with Crippen LogP contribution in [-0.4, -0.2) is 10.9 Å². The molecule has 34 heavy (non-hydrogen) atoms. The summed E-state index contributed by atoms with van der Waals surface area (Å²) in [5.41, 5.74) is 1.23. The average molecular weight is 491 g/mol. The Morgan fingerprint density at radius 3 is 2.38 bits per heavy atom. The Morgan fingerprint density at radius 1 is 1.12 bits per heavy atom. The molecule has 0 bridgehead atoms. The number of anilines is 1. The van der Waals surface area contributed by atoms with Crippen molar-refractivity contribution >= 4 is 23.2 Å². The summed E-state index contributed by atoms with van der Waals surface area (Å²) in [5.74, 6) is -3.95. The molecule has 0 fully saturated rings. The quantitative estimate of drug-likeness (QED) is 0.364. The van der Waals surface area contributed by atoms with Crippen molar-refractivity contribution in [3.05, 3.63) is 88.0 Å². The number of nitrogens with zero attached hydrogens (tertiary/aromatic N) is 1. The van der Waals surface area contributed by atoms with E-state index in [1.165, 1.54) is 49.5 Å². The highest BCUT2D eigenvalue weighted by atomic mass is 35.5. The number of ether oxygens (including phenoxy) is 1. The fraction of sp³-hybridized carbons (Fsp3) is 0.308. The summed E-state index contributed by atoms with van der Waals surface area (Å²) < 4.78 is 48.1. The zero-order valence-corrected chi connectivity index (χ0v) is 20.1. The second-order valence-electron chi connectivity index (χ2n) is 8.56. The third kappa shape index (κ3) is 6.08. The molecule has 3 aromatic rings. The van der Waals surface area contributed by atoms with Crippen LogP contribution >= 0.6 is 11.6 Å². The van der Waals surface area contributed by atoms with Gasteiger partial charge in [-0.15, -0.1) is 0 Å². The molecular formula is C26H26ClF3N2O2. The minimum absolute atomic E-state index is 0.00610. The Hall–Kier alpha value is -3.06. The summed E-state index contributed by atoms with van der Waals surface area (Å²) in [6, 6.07) is 11.5. The Morgan fingerprint density at radius 2 is 1.79 bits per heavy atom. The number of hydrogen-bond acceptors (Lipinski definition) is 3. The topological polar surface area (TPSA) is 51.2 Å². The van der Waals surface area contributed by atoms with Gasteiger partial charge in [0.2, 0.25) is 5.91 Å². The maximum atomic E-state index is 14.7. The Kier molecular flexibility index (Phi) is 7.56. The number of amides is 1.